The summed E-state index contributed by atoms with van der Waals surface area (Å²) in [5, 5.41) is 0. The smallest absolute Gasteiger partial charge is 0.310 e. The maximum absolute atomic E-state index is 11.4. The molecule has 2 rings (SSSR count). The molecule has 0 aromatic carbocycles. The summed E-state index contributed by atoms with van der Waals surface area (Å²) in [7, 11) is 1.49. The molecule has 1 unspecified atom stereocenters. The van der Waals surface area contributed by atoms with E-state index in [2.05, 4.69) is 11.8 Å². The molecule has 1 atom stereocenters. The van der Waals surface area contributed by atoms with Crippen LogP contribution >= 0.6 is 0 Å². The molecule has 92 valence electrons. The van der Waals surface area contributed by atoms with Crippen LogP contribution in [-0.4, -0.2) is 37.1 Å². The van der Waals surface area contributed by atoms with Crippen molar-refractivity contribution in [1.29, 1.82) is 0 Å². The van der Waals surface area contributed by atoms with Crippen LogP contribution in [-0.2, 0) is 9.53 Å². The zero-order chi connectivity index (χ0) is 11.5. The molecule has 16 heavy (non-hydrogen) atoms. The number of rotatable bonds is 2. The number of hydrogen-bond acceptors (Lipinski definition) is 3. The third kappa shape index (κ3) is 2.57. The van der Waals surface area contributed by atoms with Gasteiger partial charge in [0.2, 0.25) is 0 Å². The minimum atomic E-state index is -0.0216. The quantitative estimate of drug-likeness (QED) is 0.674. The Morgan fingerprint density at radius 1 is 1.19 bits per heavy atom. The molecule has 0 aromatic heterocycles. The first-order chi connectivity index (χ1) is 7.70. The summed E-state index contributed by atoms with van der Waals surface area (Å²) >= 11 is 0. The molecule has 0 spiro atoms. The van der Waals surface area contributed by atoms with E-state index in [1.807, 2.05) is 0 Å². The van der Waals surface area contributed by atoms with Crippen molar-refractivity contribution in [2.24, 2.45) is 11.8 Å². The Hall–Kier alpha value is -0.570. The van der Waals surface area contributed by atoms with Crippen LogP contribution < -0.4 is 0 Å². The van der Waals surface area contributed by atoms with Crippen LogP contribution in [0.1, 0.15) is 39.0 Å². The van der Waals surface area contributed by atoms with Gasteiger partial charge in [0.25, 0.3) is 0 Å². The van der Waals surface area contributed by atoms with Crippen molar-refractivity contribution in [2.75, 3.05) is 20.2 Å². The second-order valence-electron chi connectivity index (χ2n) is 5.42. The molecule has 0 radical (unpaired) electrons. The third-order valence-electron chi connectivity index (χ3n) is 4.26. The largest absolute Gasteiger partial charge is 0.469 e. The number of carbonyl (C=O) groups excluding carboxylic acids is 1. The first kappa shape index (κ1) is 11.9. The van der Waals surface area contributed by atoms with Crippen LogP contribution in [0.25, 0.3) is 0 Å². The van der Waals surface area contributed by atoms with Crippen LogP contribution in [0, 0.1) is 11.8 Å². The van der Waals surface area contributed by atoms with Gasteiger partial charge >= 0.3 is 5.97 Å². The van der Waals surface area contributed by atoms with Gasteiger partial charge in [0.15, 0.2) is 0 Å². The molecule has 0 bridgehead atoms. The SMILES string of the molecule is COC(=O)C1CCN(C2CCC(C)CC2)C1. The van der Waals surface area contributed by atoms with Crippen LogP contribution in [0.2, 0.25) is 0 Å². The molecule has 3 heteroatoms. The predicted octanol–water partition coefficient (Wildman–Crippen LogP) is 2.06. The number of hydrogen-bond donors (Lipinski definition) is 0. The van der Waals surface area contributed by atoms with Crippen molar-refractivity contribution in [3.8, 4) is 0 Å². The van der Waals surface area contributed by atoms with Gasteiger partial charge in [-0.2, -0.15) is 0 Å². The van der Waals surface area contributed by atoms with Crippen molar-refractivity contribution in [2.45, 2.75) is 45.1 Å². The lowest BCUT2D eigenvalue weighted by molar-refractivity contribution is -0.145. The maximum Gasteiger partial charge on any atom is 0.310 e. The highest BCUT2D eigenvalue weighted by Crippen LogP contribution is 2.30. The van der Waals surface area contributed by atoms with E-state index in [0.717, 1.165) is 31.5 Å². The summed E-state index contributed by atoms with van der Waals surface area (Å²) < 4.78 is 4.82. The van der Waals surface area contributed by atoms with Crippen molar-refractivity contribution in [3.05, 3.63) is 0 Å². The Morgan fingerprint density at radius 3 is 2.50 bits per heavy atom. The minimum absolute atomic E-state index is 0.0216. The molecule has 3 nitrogen and oxygen atoms in total. The Kier molecular flexibility index (Phi) is 3.85. The van der Waals surface area contributed by atoms with Crippen LogP contribution in [0.15, 0.2) is 0 Å². The van der Waals surface area contributed by atoms with E-state index in [0.29, 0.717) is 0 Å². The fourth-order valence-electron chi connectivity index (χ4n) is 3.09. The zero-order valence-electron chi connectivity index (χ0n) is 10.4. The van der Waals surface area contributed by atoms with Crippen LogP contribution in [0.5, 0.6) is 0 Å². The highest BCUT2D eigenvalue weighted by molar-refractivity contribution is 5.72. The number of ether oxygens (including phenoxy) is 1. The summed E-state index contributed by atoms with van der Waals surface area (Å²) in [6, 6.07) is 0.728. The lowest BCUT2D eigenvalue weighted by atomic mass is 9.87. The zero-order valence-corrected chi connectivity index (χ0v) is 10.4. The maximum atomic E-state index is 11.4. The normalized spacial score (nSPS) is 36.2. The van der Waals surface area contributed by atoms with Crippen LogP contribution in [0.3, 0.4) is 0 Å². The number of esters is 1. The van der Waals surface area contributed by atoms with Gasteiger partial charge in [0, 0.05) is 12.6 Å². The van der Waals surface area contributed by atoms with Gasteiger partial charge in [-0.15, -0.1) is 0 Å². The van der Waals surface area contributed by atoms with E-state index in [9.17, 15) is 4.79 Å². The lowest BCUT2D eigenvalue weighted by Gasteiger charge is -2.33. The van der Waals surface area contributed by atoms with Gasteiger partial charge < -0.3 is 4.74 Å². The minimum Gasteiger partial charge on any atom is -0.469 e. The second-order valence-corrected chi connectivity index (χ2v) is 5.42. The first-order valence-electron chi connectivity index (χ1n) is 6.52. The molecule has 1 saturated heterocycles. The Labute approximate surface area is 98.1 Å². The molecule has 0 N–H and O–H groups in total. The average molecular weight is 225 g/mol. The van der Waals surface area contributed by atoms with Gasteiger partial charge in [0.05, 0.1) is 13.0 Å². The van der Waals surface area contributed by atoms with Gasteiger partial charge in [-0.1, -0.05) is 6.92 Å². The summed E-state index contributed by atoms with van der Waals surface area (Å²) in [5.41, 5.74) is 0. The molecular weight excluding hydrogens is 202 g/mol. The molecule has 1 heterocycles. The summed E-state index contributed by atoms with van der Waals surface area (Å²) in [5.74, 6) is 1.01. The molecule has 1 aliphatic heterocycles. The van der Waals surface area contributed by atoms with E-state index in [1.165, 1.54) is 32.8 Å². The van der Waals surface area contributed by atoms with Gasteiger partial charge in [0.1, 0.15) is 0 Å². The molecule has 2 aliphatic rings. The van der Waals surface area contributed by atoms with Crippen LogP contribution in [0.4, 0.5) is 0 Å². The van der Waals surface area contributed by atoms with Gasteiger partial charge in [-0.3, -0.25) is 9.69 Å². The number of methoxy groups -OCH3 is 1. The van der Waals surface area contributed by atoms with Gasteiger partial charge in [-0.25, -0.2) is 0 Å². The summed E-state index contributed by atoms with van der Waals surface area (Å²) in [6.07, 6.45) is 6.32. The Bertz CT molecular complexity index is 246. The van der Waals surface area contributed by atoms with E-state index in [-0.39, 0.29) is 11.9 Å². The lowest BCUT2D eigenvalue weighted by Crippen LogP contribution is -2.36. The fraction of sp³-hybridized carbons (Fsp3) is 0.923. The van der Waals surface area contributed by atoms with Gasteiger partial charge in [-0.05, 0) is 44.6 Å². The molecule has 1 saturated carbocycles. The summed E-state index contributed by atoms with van der Waals surface area (Å²) in [4.78, 5) is 14.0. The van der Waals surface area contributed by atoms with Crippen molar-refractivity contribution >= 4 is 5.97 Å². The van der Waals surface area contributed by atoms with E-state index < -0.39 is 0 Å². The summed E-state index contributed by atoms with van der Waals surface area (Å²) in [6.45, 7) is 4.35. The number of likely N-dealkylation sites (tertiary alicyclic amines) is 1. The molecule has 0 aromatic rings. The highest BCUT2D eigenvalue weighted by atomic mass is 16.5. The van der Waals surface area contributed by atoms with Crippen molar-refractivity contribution in [1.82, 2.24) is 4.90 Å². The fourth-order valence-corrected chi connectivity index (χ4v) is 3.09. The number of carbonyl (C=O) groups is 1. The first-order valence-corrected chi connectivity index (χ1v) is 6.52. The van der Waals surface area contributed by atoms with E-state index >= 15 is 0 Å². The monoisotopic (exact) mass is 225 g/mol. The second kappa shape index (κ2) is 5.17. The van der Waals surface area contributed by atoms with E-state index in [1.54, 1.807) is 0 Å². The van der Waals surface area contributed by atoms with Crippen molar-refractivity contribution < 1.29 is 9.53 Å². The Morgan fingerprint density at radius 2 is 1.88 bits per heavy atom. The molecule has 0 amide bonds. The average Bonchev–Trinajstić information content (AvgIpc) is 2.78. The topological polar surface area (TPSA) is 29.5 Å². The predicted molar refractivity (Wildman–Crippen MR) is 63.1 cm³/mol. The van der Waals surface area contributed by atoms with E-state index in [4.69, 9.17) is 4.74 Å². The molecule has 1 aliphatic carbocycles. The van der Waals surface area contributed by atoms with Crippen molar-refractivity contribution in [3.63, 3.8) is 0 Å². The highest BCUT2D eigenvalue weighted by Gasteiger charge is 2.33. The number of nitrogens with zero attached hydrogens (tertiary/aromatic N) is 1. The molecule has 2 fully saturated rings. The Balaban J connectivity index is 1.82. The standard InChI is InChI=1S/C13H23NO2/c1-10-3-5-12(6-4-10)14-8-7-11(9-14)13(15)16-2/h10-12H,3-9H2,1-2H3. The molecular formula is C13H23NO2. The third-order valence-corrected chi connectivity index (χ3v) is 4.26.